The molecule has 26 heavy (non-hydrogen) atoms. The third kappa shape index (κ3) is 6.20. The molecule has 0 bridgehead atoms. The Morgan fingerprint density at radius 3 is 2.38 bits per heavy atom. The summed E-state index contributed by atoms with van der Waals surface area (Å²) in [4.78, 5) is 23.2. The quantitative estimate of drug-likeness (QED) is 0.399. The topological polar surface area (TPSA) is 63.6 Å². The van der Waals surface area contributed by atoms with E-state index in [2.05, 4.69) is 0 Å². The lowest BCUT2D eigenvalue weighted by atomic mass is 9.90. The van der Waals surface area contributed by atoms with Crippen molar-refractivity contribution in [2.75, 3.05) is 0 Å². The molecule has 0 heterocycles. The van der Waals surface area contributed by atoms with Gasteiger partial charge < -0.3 is 9.84 Å². The van der Waals surface area contributed by atoms with Crippen LogP contribution in [-0.4, -0.2) is 17.0 Å². The molecule has 0 saturated heterocycles. The molecule has 1 N–H and O–H groups in total. The predicted molar refractivity (Wildman–Crippen MR) is 91.0 cm³/mol. The standard InChI is InChI=1S/C19H23F3O4/c1-5-12(3)13(4)8-11(2)9-17(23)26-16-10-14(19(20,21)22)6-7-15(16)18(24)25/h5-7,10-11,13H,8-9H2,1-4H3,(H,24,25)/b12-5+. The maximum Gasteiger partial charge on any atom is 0.416 e. The number of halogens is 3. The maximum atomic E-state index is 12.8. The SMILES string of the molecule is C/C=C(\C)C(C)CC(C)CC(=O)Oc1cc(C(F)(F)F)ccc1C(=O)O. The van der Waals surface area contributed by atoms with Crippen LogP contribution in [0, 0.1) is 11.8 Å². The number of alkyl halides is 3. The highest BCUT2D eigenvalue weighted by Crippen LogP contribution is 2.33. The van der Waals surface area contributed by atoms with Crippen LogP contribution in [0.15, 0.2) is 29.8 Å². The zero-order valence-corrected chi connectivity index (χ0v) is 15.2. The number of carboxylic acids is 1. The molecule has 0 spiro atoms. The average Bonchev–Trinajstić information content (AvgIpc) is 2.52. The van der Waals surface area contributed by atoms with Crippen LogP contribution in [-0.2, 0) is 11.0 Å². The number of rotatable bonds is 7. The molecule has 1 aromatic rings. The maximum absolute atomic E-state index is 12.8. The van der Waals surface area contributed by atoms with Gasteiger partial charge in [0.05, 0.1) is 5.56 Å². The first-order chi connectivity index (χ1) is 12.0. The van der Waals surface area contributed by atoms with E-state index in [-0.39, 0.29) is 18.3 Å². The number of aromatic carboxylic acids is 1. The number of hydrogen-bond acceptors (Lipinski definition) is 3. The van der Waals surface area contributed by atoms with E-state index < -0.39 is 35.0 Å². The Balaban J connectivity index is 2.89. The Kier molecular flexibility index (Phi) is 7.41. The number of esters is 1. The summed E-state index contributed by atoms with van der Waals surface area (Å²) in [6.07, 6.45) is -1.99. The lowest BCUT2D eigenvalue weighted by Gasteiger charge is -2.18. The Labute approximate surface area is 150 Å². The van der Waals surface area contributed by atoms with Crippen LogP contribution in [0.5, 0.6) is 5.75 Å². The van der Waals surface area contributed by atoms with Gasteiger partial charge in [0.2, 0.25) is 0 Å². The molecule has 7 heteroatoms. The molecular formula is C19H23F3O4. The van der Waals surface area contributed by atoms with Gasteiger partial charge in [-0.2, -0.15) is 13.2 Å². The van der Waals surface area contributed by atoms with E-state index in [0.717, 1.165) is 6.07 Å². The molecule has 0 amide bonds. The molecule has 2 unspecified atom stereocenters. The van der Waals surface area contributed by atoms with Gasteiger partial charge in [-0.15, -0.1) is 0 Å². The molecule has 0 saturated carbocycles. The van der Waals surface area contributed by atoms with E-state index in [0.29, 0.717) is 18.6 Å². The second-order valence-electron chi connectivity index (χ2n) is 6.47. The highest BCUT2D eigenvalue weighted by atomic mass is 19.4. The molecule has 1 rings (SSSR count). The fraction of sp³-hybridized carbons (Fsp3) is 0.474. The highest BCUT2D eigenvalue weighted by molar-refractivity contribution is 5.92. The number of carboxylic acid groups (broad SMARTS) is 1. The van der Waals surface area contributed by atoms with Crippen molar-refractivity contribution in [1.29, 1.82) is 0 Å². The van der Waals surface area contributed by atoms with Gasteiger partial charge in [0.25, 0.3) is 0 Å². The van der Waals surface area contributed by atoms with Crippen molar-refractivity contribution < 1.29 is 32.6 Å². The smallest absolute Gasteiger partial charge is 0.416 e. The minimum Gasteiger partial charge on any atom is -0.478 e. The van der Waals surface area contributed by atoms with Gasteiger partial charge in [-0.1, -0.05) is 25.5 Å². The van der Waals surface area contributed by atoms with Crippen LogP contribution in [0.2, 0.25) is 0 Å². The predicted octanol–water partition coefficient (Wildman–Crippen LogP) is 5.33. The van der Waals surface area contributed by atoms with Gasteiger partial charge >= 0.3 is 18.1 Å². The minimum absolute atomic E-state index is 0.0172. The van der Waals surface area contributed by atoms with E-state index in [4.69, 9.17) is 9.84 Å². The third-order valence-electron chi connectivity index (χ3n) is 4.27. The van der Waals surface area contributed by atoms with Crippen molar-refractivity contribution in [1.82, 2.24) is 0 Å². The molecule has 144 valence electrons. The number of benzene rings is 1. The lowest BCUT2D eigenvalue weighted by molar-refractivity contribution is -0.139. The number of carbonyl (C=O) groups excluding carboxylic acids is 1. The second-order valence-corrected chi connectivity index (χ2v) is 6.47. The summed E-state index contributed by atoms with van der Waals surface area (Å²) in [5.41, 5.74) is -0.385. The number of carbonyl (C=O) groups is 2. The molecule has 0 aliphatic carbocycles. The minimum atomic E-state index is -4.66. The van der Waals surface area contributed by atoms with Crippen molar-refractivity contribution in [2.24, 2.45) is 11.8 Å². The summed E-state index contributed by atoms with van der Waals surface area (Å²) >= 11 is 0. The molecule has 4 nitrogen and oxygen atoms in total. The van der Waals surface area contributed by atoms with E-state index in [9.17, 15) is 22.8 Å². The number of hydrogen-bond donors (Lipinski definition) is 1. The Morgan fingerprint density at radius 1 is 1.27 bits per heavy atom. The Bertz CT molecular complexity index is 693. The molecule has 0 fully saturated rings. The molecule has 0 radical (unpaired) electrons. The van der Waals surface area contributed by atoms with Gasteiger partial charge in [-0.05, 0) is 50.3 Å². The van der Waals surface area contributed by atoms with Crippen molar-refractivity contribution >= 4 is 11.9 Å². The number of ether oxygens (including phenoxy) is 1. The summed E-state index contributed by atoms with van der Waals surface area (Å²) in [5.74, 6) is -2.63. The Hall–Kier alpha value is -2.31. The normalized spacial score (nSPS) is 14.7. The first-order valence-corrected chi connectivity index (χ1v) is 8.23. The first-order valence-electron chi connectivity index (χ1n) is 8.23. The summed E-state index contributed by atoms with van der Waals surface area (Å²) in [7, 11) is 0. The molecule has 0 aliphatic rings. The second kappa shape index (κ2) is 8.87. The van der Waals surface area contributed by atoms with E-state index in [1.807, 2.05) is 33.8 Å². The van der Waals surface area contributed by atoms with Crippen LogP contribution in [0.3, 0.4) is 0 Å². The molecular weight excluding hydrogens is 349 g/mol. The summed E-state index contributed by atoms with van der Waals surface area (Å²) in [6.45, 7) is 7.76. The van der Waals surface area contributed by atoms with Crippen LogP contribution >= 0.6 is 0 Å². The van der Waals surface area contributed by atoms with Gasteiger partial charge in [0.1, 0.15) is 11.3 Å². The molecule has 2 atom stereocenters. The first kappa shape index (κ1) is 21.7. The average molecular weight is 372 g/mol. The van der Waals surface area contributed by atoms with E-state index in [1.165, 1.54) is 5.57 Å². The van der Waals surface area contributed by atoms with Crippen molar-refractivity contribution in [3.8, 4) is 5.75 Å². The van der Waals surface area contributed by atoms with Crippen LogP contribution in [0.25, 0.3) is 0 Å². The van der Waals surface area contributed by atoms with Crippen molar-refractivity contribution in [2.45, 2.75) is 46.7 Å². The van der Waals surface area contributed by atoms with Crippen molar-refractivity contribution in [3.63, 3.8) is 0 Å². The van der Waals surface area contributed by atoms with Crippen LogP contribution < -0.4 is 4.74 Å². The number of allylic oxidation sites excluding steroid dienone is 2. The molecule has 0 aliphatic heterocycles. The van der Waals surface area contributed by atoms with E-state index in [1.54, 1.807) is 0 Å². The summed E-state index contributed by atoms with van der Waals surface area (Å²) in [6, 6.07) is 1.97. The van der Waals surface area contributed by atoms with Crippen molar-refractivity contribution in [3.05, 3.63) is 41.0 Å². The largest absolute Gasteiger partial charge is 0.478 e. The van der Waals surface area contributed by atoms with Gasteiger partial charge in [0, 0.05) is 6.42 Å². The monoisotopic (exact) mass is 372 g/mol. The summed E-state index contributed by atoms with van der Waals surface area (Å²) < 4.78 is 43.4. The highest BCUT2D eigenvalue weighted by Gasteiger charge is 2.32. The van der Waals surface area contributed by atoms with Gasteiger partial charge in [0.15, 0.2) is 0 Å². The van der Waals surface area contributed by atoms with Crippen LogP contribution in [0.4, 0.5) is 13.2 Å². The third-order valence-corrected chi connectivity index (χ3v) is 4.27. The van der Waals surface area contributed by atoms with Gasteiger partial charge in [-0.3, -0.25) is 4.79 Å². The zero-order chi connectivity index (χ0) is 20.1. The Morgan fingerprint density at radius 2 is 1.88 bits per heavy atom. The van der Waals surface area contributed by atoms with Gasteiger partial charge in [-0.25, -0.2) is 4.79 Å². The fourth-order valence-corrected chi connectivity index (χ4v) is 2.57. The molecule has 1 aromatic carbocycles. The van der Waals surface area contributed by atoms with E-state index >= 15 is 0 Å². The summed E-state index contributed by atoms with van der Waals surface area (Å²) in [5, 5.41) is 9.08. The zero-order valence-electron chi connectivity index (χ0n) is 15.2. The van der Waals surface area contributed by atoms with Crippen LogP contribution in [0.1, 0.15) is 56.5 Å². The fourth-order valence-electron chi connectivity index (χ4n) is 2.57. The lowest BCUT2D eigenvalue weighted by Crippen LogP contribution is -2.17. The molecule has 0 aromatic heterocycles.